The Morgan fingerprint density at radius 1 is 1.08 bits per heavy atom. The molecule has 39 heavy (non-hydrogen) atoms. The maximum atomic E-state index is 13.0. The second kappa shape index (κ2) is 11.5. The van der Waals surface area contributed by atoms with Crippen molar-refractivity contribution in [3.05, 3.63) is 94.8 Å². The van der Waals surface area contributed by atoms with E-state index in [4.69, 9.17) is 11.6 Å². The Labute approximate surface area is 231 Å². The van der Waals surface area contributed by atoms with Crippen LogP contribution < -0.4 is 5.32 Å². The van der Waals surface area contributed by atoms with E-state index in [2.05, 4.69) is 15.3 Å². The molecule has 3 atom stereocenters. The van der Waals surface area contributed by atoms with Crippen molar-refractivity contribution in [3.8, 4) is 11.3 Å². The summed E-state index contributed by atoms with van der Waals surface area (Å²) in [5.74, 6) is -1.53. The number of carbonyl (C=O) groups excluding carboxylic acids is 2. The standard InChI is InChI=1S/C30H29ClN4O4/c1-18-10-12-23-22(7-3-8-25(23)34-18)24-13-11-19(16-32-24)17-33-29(38)27(36)28(37)30(39)35-14-4-9-26(35)20-5-2-6-21(31)15-20/h2-3,5-8,10-13,15-16,26-28,36-37H,4,9,14,17H2,1H3,(H,33,38)/t26?,27-,28-/m1/s1. The number of aliphatic hydroxyl groups is 2. The van der Waals surface area contributed by atoms with Gasteiger partial charge in [-0.15, -0.1) is 0 Å². The van der Waals surface area contributed by atoms with Gasteiger partial charge in [-0.1, -0.05) is 48.0 Å². The van der Waals surface area contributed by atoms with Crippen LogP contribution in [0.2, 0.25) is 5.02 Å². The number of aliphatic hydroxyl groups excluding tert-OH is 2. The van der Waals surface area contributed by atoms with Gasteiger partial charge in [-0.2, -0.15) is 0 Å². The fourth-order valence-corrected chi connectivity index (χ4v) is 5.20. The number of aromatic nitrogens is 2. The van der Waals surface area contributed by atoms with Crippen molar-refractivity contribution >= 4 is 34.3 Å². The van der Waals surface area contributed by atoms with Crippen LogP contribution in [0.15, 0.2) is 72.9 Å². The van der Waals surface area contributed by atoms with Crippen LogP contribution in [0.3, 0.4) is 0 Å². The number of halogens is 1. The Bertz CT molecular complexity index is 1510. The number of hydrogen-bond acceptors (Lipinski definition) is 6. The van der Waals surface area contributed by atoms with Crippen LogP contribution in [0.1, 0.15) is 35.7 Å². The molecule has 1 saturated heterocycles. The number of nitrogens with one attached hydrogen (secondary N) is 1. The summed E-state index contributed by atoms with van der Waals surface area (Å²) in [5.41, 5.74) is 5.10. The van der Waals surface area contributed by atoms with E-state index in [1.165, 1.54) is 4.90 Å². The van der Waals surface area contributed by atoms with Crippen molar-refractivity contribution in [1.29, 1.82) is 0 Å². The van der Waals surface area contributed by atoms with Gasteiger partial charge in [-0.05, 0) is 61.2 Å². The molecular weight excluding hydrogens is 516 g/mol. The quantitative estimate of drug-likeness (QED) is 0.324. The molecule has 1 aliphatic rings. The Morgan fingerprint density at radius 3 is 2.67 bits per heavy atom. The number of nitrogens with zero attached hydrogens (tertiary/aromatic N) is 3. The summed E-state index contributed by atoms with van der Waals surface area (Å²) in [5, 5.41) is 25.1. The molecule has 200 valence electrons. The Kier molecular flexibility index (Phi) is 7.88. The second-order valence-corrected chi connectivity index (χ2v) is 10.2. The number of pyridine rings is 2. The molecule has 3 heterocycles. The first-order valence-corrected chi connectivity index (χ1v) is 13.2. The van der Waals surface area contributed by atoms with E-state index in [0.717, 1.165) is 39.8 Å². The van der Waals surface area contributed by atoms with E-state index in [0.29, 0.717) is 23.6 Å². The average molecular weight is 545 g/mol. The SMILES string of the molecule is Cc1ccc2c(-c3ccc(CNC(=O)[C@H](O)[C@@H](O)C(=O)N4CCCC4c4cccc(Cl)c4)cn3)cccc2n1. The van der Waals surface area contributed by atoms with Gasteiger partial charge in [0.05, 0.1) is 17.3 Å². The number of amides is 2. The Morgan fingerprint density at radius 2 is 1.90 bits per heavy atom. The van der Waals surface area contributed by atoms with Crippen LogP contribution in [-0.4, -0.2) is 55.6 Å². The summed E-state index contributed by atoms with van der Waals surface area (Å²) < 4.78 is 0. The number of carbonyl (C=O) groups is 2. The number of likely N-dealkylation sites (tertiary alicyclic amines) is 1. The van der Waals surface area contributed by atoms with Gasteiger partial charge < -0.3 is 20.4 Å². The lowest BCUT2D eigenvalue weighted by Gasteiger charge is -2.28. The van der Waals surface area contributed by atoms with Gasteiger partial charge >= 0.3 is 0 Å². The first-order chi connectivity index (χ1) is 18.8. The molecule has 3 N–H and O–H groups in total. The first-order valence-electron chi connectivity index (χ1n) is 12.8. The molecule has 0 radical (unpaired) electrons. The van der Waals surface area contributed by atoms with Crippen LogP contribution in [0.5, 0.6) is 0 Å². The van der Waals surface area contributed by atoms with E-state index < -0.39 is 24.0 Å². The minimum absolute atomic E-state index is 0.0786. The molecule has 2 aromatic carbocycles. The zero-order chi connectivity index (χ0) is 27.5. The van der Waals surface area contributed by atoms with Gasteiger partial charge in [0.25, 0.3) is 11.8 Å². The summed E-state index contributed by atoms with van der Waals surface area (Å²) in [4.78, 5) is 36.2. The fraction of sp³-hybridized carbons (Fsp3) is 0.267. The van der Waals surface area contributed by atoms with Gasteiger partial charge in [0.1, 0.15) is 0 Å². The molecule has 1 unspecified atom stereocenters. The lowest BCUT2D eigenvalue weighted by atomic mass is 10.0. The molecule has 4 aromatic rings. The maximum Gasteiger partial charge on any atom is 0.255 e. The van der Waals surface area contributed by atoms with Crippen molar-refractivity contribution in [2.75, 3.05) is 6.54 Å². The Hall–Kier alpha value is -3.85. The molecule has 8 nitrogen and oxygen atoms in total. The minimum Gasteiger partial charge on any atom is -0.380 e. The molecule has 0 bridgehead atoms. The second-order valence-electron chi connectivity index (χ2n) is 9.73. The number of rotatable bonds is 7. The summed E-state index contributed by atoms with van der Waals surface area (Å²) in [6.07, 6.45) is -0.690. The predicted octanol–water partition coefficient (Wildman–Crippen LogP) is 3.96. The highest BCUT2D eigenvalue weighted by molar-refractivity contribution is 6.30. The number of benzene rings is 2. The normalized spacial score (nSPS) is 16.7. The summed E-state index contributed by atoms with van der Waals surface area (Å²) in [7, 11) is 0. The van der Waals surface area contributed by atoms with Crippen molar-refractivity contribution < 1.29 is 19.8 Å². The molecule has 0 spiro atoms. The summed E-state index contributed by atoms with van der Waals surface area (Å²) in [6, 6.07) is 20.5. The topological polar surface area (TPSA) is 116 Å². The van der Waals surface area contributed by atoms with E-state index in [1.54, 1.807) is 24.4 Å². The highest BCUT2D eigenvalue weighted by Gasteiger charge is 2.38. The van der Waals surface area contributed by atoms with Crippen molar-refractivity contribution in [3.63, 3.8) is 0 Å². The highest BCUT2D eigenvalue weighted by Crippen LogP contribution is 2.33. The Balaban J connectivity index is 1.20. The third-order valence-corrected chi connectivity index (χ3v) is 7.26. The molecule has 1 fully saturated rings. The third-order valence-electron chi connectivity index (χ3n) is 7.03. The molecule has 9 heteroatoms. The van der Waals surface area contributed by atoms with Gasteiger partial charge in [-0.3, -0.25) is 19.6 Å². The van der Waals surface area contributed by atoms with E-state index in [9.17, 15) is 19.8 Å². The van der Waals surface area contributed by atoms with Crippen molar-refractivity contribution in [2.45, 2.75) is 44.6 Å². The van der Waals surface area contributed by atoms with Gasteiger partial charge in [0.15, 0.2) is 12.2 Å². The first kappa shape index (κ1) is 26.7. The molecule has 0 aliphatic carbocycles. The maximum absolute atomic E-state index is 13.0. The fourth-order valence-electron chi connectivity index (χ4n) is 5.00. The van der Waals surface area contributed by atoms with Gasteiger partial charge in [0.2, 0.25) is 0 Å². The molecule has 5 rings (SSSR count). The molecule has 0 saturated carbocycles. The van der Waals surface area contributed by atoms with E-state index in [1.807, 2.05) is 55.5 Å². The summed E-state index contributed by atoms with van der Waals surface area (Å²) >= 11 is 6.11. The van der Waals surface area contributed by atoms with Gasteiger partial charge in [-0.25, -0.2) is 0 Å². The molecule has 2 amide bonds. The monoisotopic (exact) mass is 544 g/mol. The number of fused-ring (bicyclic) bond motifs is 1. The summed E-state index contributed by atoms with van der Waals surface area (Å²) in [6.45, 7) is 2.45. The lowest BCUT2D eigenvalue weighted by molar-refractivity contribution is -0.153. The zero-order valence-electron chi connectivity index (χ0n) is 21.4. The number of hydrogen-bond donors (Lipinski definition) is 3. The number of aryl methyl sites for hydroxylation is 1. The highest BCUT2D eigenvalue weighted by atomic mass is 35.5. The zero-order valence-corrected chi connectivity index (χ0v) is 22.2. The molecular formula is C30H29ClN4O4. The average Bonchev–Trinajstić information content (AvgIpc) is 3.44. The van der Waals surface area contributed by atoms with Crippen molar-refractivity contribution in [2.24, 2.45) is 0 Å². The van der Waals surface area contributed by atoms with Crippen LogP contribution >= 0.6 is 11.6 Å². The third kappa shape index (κ3) is 5.78. The largest absolute Gasteiger partial charge is 0.380 e. The van der Waals surface area contributed by atoms with Crippen molar-refractivity contribution in [1.82, 2.24) is 20.2 Å². The van der Waals surface area contributed by atoms with Crippen LogP contribution in [0.25, 0.3) is 22.2 Å². The minimum atomic E-state index is -1.91. The van der Waals surface area contributed by atoms with Gasteiger partial charge in [0, 0.05) is 41.0 Å². The van der Waals surface area contributed by atoms with Crippen LogP contribution in [0, 0.1) is 6.92 Å². The van der Waals surface area contributed by atoms with Crippen LogP contribution in [-0.2, 0) is 16.1 Å². The molecule has 1 aliphatic heterocycles. The predicted molar refractivity (Wildman–Crippen MR) is 149 cm³/mol. The molecule has 2 aromatic heterocycles. The van der Waals surface area contributed by atoms with E-state index in [-0.39, 0.29) is 12.6 Å². The lowest BCUT2D eigenvalue weighted by Crippen LogP contribution is -2.50. The smallest absolute Gasteiger partial charge is 0.255 e. The van der Waals surface area contributed by atoms with E-state index >= 15 is 0 Å². The van der Waals surface area contributed by atoms with Crippen LogP contribution in [0.4, 0.5) is 0 Å².